The molecule has 3 N–H and O–H groups in total. The Morgan fingerprint density at radius 3 is 2.55 bits per heavy atom. The monoisotopic (exact) mass is 440 g/mol. The van der Waals surface area contributed by atoms with Crippen LogP contribution in [0.2, 0.25) is 0 Å². The summed E-state index contributed by atoms with van der Waals surface area (Å²) in [7, 11) is -3.81. The zero-order valence-electron chi connectivity index (χ0n) is 17.6. The van der Waals surface area contributed by atoms with E-state index in [2.05, 4.69) is 30.0 Å². The standard InChI is InChI=1S/C21H24N6O3S/c1-12-10-20(25-13(2)22-12)27-31(29,30)17-7-5-16(6-8-17)26-21(28)15-4-9-18-19(11-15)24-14(3)23-18/h5-8,10,15H,4,9,11H2,1-3H3,(H,23,24)(H,26,28)(H,22,25,27). The van der Waals surface area contributed by atoms with E-state index in [0.717, 1.165) is 30.1 Å². The third kappa shape index (κ3) is 4.74. The van der Waals surface area contributed by atoms with E-state index in [1.807, 2.05) is 6.92 Å². The fourth-order valence-electron chi connectivity index (χ4n) is 3.77. The summed E-state index contributed by atoms with van der Waals surface area (Å²) in [5, 5.41) is 2.88. The number of rotatable bonds is 5. The largest absolute Gasteiger partial charge is 0.346 e. The number of hydrogen-bond acceptors (Lipinski definition) is 6. The minimum atomic E-state index is -3.81. The molecule has 1 unspecified atom stereocenters. The van der Waals surface area contributed by atoms with Crippen LogP contribution in [0.4, 0.5) is 11.5 Å². The number of carbonyl (C=O) groups is 1. The maximum Gasteiger partial charge on any atom is 0.263 e. The van der Waals surface area contributed by atoms with E-state index in [4.69, 9.17) is 0 Å². The van der Waals surface area contributed by atoms with Gasteiger partial charge in [-0.05, 0) is 57.9 Å². The van der Waals surface area contributed by atoms with Gasteiger partial charge in [-0.2, -0.15) is 0 Å². The fourth-order valence-corrected chi connectivity index (χ4v) is 4.77. The molecular weight excluding hydrogens is 416 g/mol. The van der Waals surface area contributed by atoms with Gasteiger partial charge in [-0.15, -0.1) is 0 Å². The molecule has 0 fully saturated rings. The van der Waals surface area contributed by atoms with Crippen molar-refractivity contribution in [1.82, 2.24) is 19.9 Å². The summed E-state index contributed by atoms with van der Waals surface area (Å²) in [5.74, 6) is 1.33. The SMILES string of the molecule is Cc1cc(NS(=O)(=O)c2ccc(NC(=O)C3CCc4nc(C)[nH]c4C3)cc2)nc(C)n1. The molecule has 0 saturated carbocycles. The van der Waals surface area contributed by atoms with Crippen LogP contribution in [0.5, 0.6) is 0 Å². The number of benzene rings is 1. The van der Waals surface area contributed by atoms with Gasteiger partial charge in [0.2, 0.25) is 5.91 Å². The molecule has 4 rings (SSSR count). The maximum atomic E-state index is 12.7. The van der Waals surface area contributed by atoms with Crippen molar-refractivity contribution in [1.29, 1.82) is 0 Å². The van der Waals surface area contributed by atoms with Crippen LogP contribution < -0.4 is 10.0 Å². The first kappa shape index (κ1) is 21.0. The number of fused-ring (bicyclic) bond motifs is 1. The Morgan fingerprint density at radius 1 is 1.10 bits per heavy atom. The molecule has 2 aromatic heterocycles. The average Bonchev–Trinajstić information content (AvgIpc) is 3.06. The second-order valence-electron chi connectivity index (χ2n) is 7.75. The number of anilines is 2. The molecule has 10 heteroatoms. The number of H-pyrrole nitrogens is 1. The molecule has 1 aromatic carbocycles. The van der Waals surface area contributed by atoms with Crippen LogP contribution in [-0.2, 0) is 27.7 Å². The van der Waals surface area contributed by atoms with Gasteiger partial charge in [-0.1, -0.05) is 0 Å². The summed E-state index contributed by atoms with van der Waals surface area (Å²) in [5.41, 5.74) is 3.27. The van der Waals surface area contributed by atoms with Crippen LogP contribution in [0.3, 0.4) is 0 Å². The van der Waals surface area contributed by atoms with Gasteiger partial charge in [-0.25, -0.2) is 23.4 Å². The zero-order valence-corrected chi connectivity index (χ0v) is 18.4. The van der Waals surface area contributed by atoms with Crippen molar-refractivity contribution in [3.63, 3.8) is 0 Å². The number of amides is 1. The van der Waals surface area contributed by atoms with Gasteiger partial charge < -0.3 is 10.3 Å². The molecule has 3 aromatic rings. The Morgan fingerprint density at radius 2 is 1.84 bits per heavy atom. The van der Waals surface area contributed by atoms with Crippen LogP contribution in [0, 0.1) is 26.7 Å². The number of aromatic amines is 1. The van der Waals surface area contributed by atoms with Gasteiger partial charge in [0, 0.05) is 35.5 Å². The Balaban J connectivity index is 1.42. The van der Waals surface area contributed by atoms with Crippen molar-refractivity contribution in [2.45, 2.75) is 44.9 Å². The molecule has 0 spiro atoms. The fraction of sp³-hybridized carbons (Fsp3) is 0.333. The first-order valence-electron chi connectivity index (χ1n) is 10.00. The average molecular weight is 441 g/mol. The number of hydrogen-bond donors (Lipinski definition) is 3. The number of carbonyl (C=O) groups excluding carboxylic acids is 1. The summed E-state index contributed by atoms with van der Waals surface area (Å²) >= 11 is 0. The second-order valence-corrected chi connectivity index (χ2v) is 9.43. The lowest BCUT2D eigenvalue weighted by atomic mass is 9.89. The highest BCUT2D eigenvalue weighted by molar-refractivity contribution is 7.92. The van der Waals surface area contributed by atoms with Crippen molar-refractivity contribution in [3.8, 4) is 0 Å². The van der Waals surface area contributed by atoms with Crippen LogP contribution in [0.1, 0.15) is 35.2 Å². The van der Waals surface area contributed by atoms with Gasteiger partial charge in [0.25, 0.3) is 10.0 Å². The Kier molecular flexibility index (Phi) is 5.48. The first-order valence-corrected chi connectivity index (χ1v) is 11.5. The summed E-state index contributed by atoms with van der Waals surface area (Å²) < 4.78 is 27.8. The van der Waals surface area contributed by atoms with Gasteiger partial charge in [-0.3, -0.25) is 9.52 Å². The highest BCUT2D eigenvalue weighted by Gasteiger charge is 2.27. The van der Waals surface area contributed by atoms with Crippen molar-refractivity contribution in [2.24, 2.45) is 5.92 Å². The summed E-state index contributed by atoms with van der Waals surface area (Å²) in [6, 6.07) is 7.64. The number of sulfonamides is 1. The Bertz CT molecular complexity index is 1210. The molecule has 31 heavy (non-hydrogen) atoms. The minimum Gasteiger partial charge on any atom is -0.346 e. The van der Waals surface area contributed by atoms with E-state index in [1.165, 1.54) is 12.1 Å². The molecular formula is C21H24N6O3S. The van der Waals surface area contributed by atoms with E-state index in [1.54, 1.807) is 32.0 Å². The van der Waals surface area contributed by atoms with Gasteiger partial charge >= 0.3 is 0 Å². The van der Waals surface area contributed by atoms with E-state index in [-0.39, 0.29) is 22.5 Å². The maximum absolute atomic E-state index is 12.7. The lowest BCUT2D eigenvalue weighted by molar-refractivity contribution is -0.120. The Hall–Kier alpha value is -3.27. The third-order valence-corrected chi connectivity index (χ3v) is 6.54. The quantitative estimate of drug-likeness (QED) is 0.559. The van der Waals surface area contributed by atoms with E-state index < -0.39 is 10.0 Å². The second kappa shape index (κ2) is 8.10. The van der Waals surface area contributed by atoms with E-state index >= 15 is 0 Å². The molecule has 2 heterocycles. The lowest BCUT2D eigenvalue weighted by Gasteiger charge is -2.20. The van der Waals surface area contributed by atoms with Crippen LogP contribution in [-0.4, -0.2) is 34.3 Å². The zero-order chi connectivity index (χ0) is 22.2. The molecule has 9 nitrogen and oxygen atoms in total. The van der Waals surface area contributed by atoms with Crippen molar-refractivity contribution < 1.29 is 13.2 Å². The molecule has 0 aliphatic heterocycles. The number of imidazole rings is 1. The van der Waals surface area contributed by atoms with Gasteiger partial charge in [0.15, 0.2) is 0 Å². The predicted octanol–water partition coefficient (Wildman–Crippen LogP) is 2.67. The number of nitrogens with one attached hydrogen (secondary N) is 3. The summed E-state index contributed by atoms with van der Waals surface area (Å²) in [6.45, 7) is 5.37. The molecule has 162 valence electrons. The van der Waals surface area contributed by atoms with Crippen LogP contribution in [0.25, 0.3) is 0 Å². The van der Waals surface area contributed by atoms with Crippen molar-refractivity contribution >= 4 is 27.4 Å². The summed E-state index contributed by atoms with van der Waals surface area (Å²) in [4.78, 5) is 28.7. The molecule has 1 amide bonds. The molecule has 1 aliphatic carbocycles. The van der Waals surface area contributed by atoms with E-state index in [0.29, 0.717) is 23.6 Å². The summed E-state index contributed by atoms with van der Waals surface area (Å²) in [6.07, 6.45) is 2.12. The highest BCUT2D eigenvalue weighted by Crippen LogP contribution is 2.25. The first-order chi connectivity index (χ1) is 14.7. The van der Waals surface area contributed by atoms with Crippen molar-refractivity contribution in [2.75, 3.05) is 10.0 Å². The van der Waals surface area contributed by atoms with E-state index in [9.17, 15) is 13.2 Å². The van der Waals surface area contributed by atoms with Crippen LogP contribution in [0.15, 0.2) is 35.2 Å². The molecule has 1 aliphatic rings. The molecule has 1 atom stereocenters. The van der Waals surface area contributed by atoms with Crippen LogP contribution >= 0.6 is 0 Å². The third-order valence-electron chi connectivity index (χ3n) is 5.17. The predicted molar refractivity (Wildman–Crippen MR) is 116 cm³/mol. The Labute approximate surface area is 180 Å². The minimum absolute atomic E-state index is 0.0784. The topological polar surface area (TPSA) is 130 Å². The highest BCUT2D eigenvalue weighted by atomic mass is 32.2. The lowest BCUT2D eigenvalue weighted by Crippen LogP contribution is -2.28. The smallest absolute Gasteiger partial charge is 0.263 e. The normalized spacial score (nSPS) is 15.9. The molecule has 0 radical (unpaired) electrons. The molecule has 0 bridgehead atoms. The van der Waals surface area contributed by atoms with Gasteiger partial charge in [0.1, 0.15) is 17.5 Å². The van der Waals surface area contributed by atoms with Gasteiger partial charge in [0.05, 0.1) is 10.6 Å². The molecule has 0 saturated heterocycles. The van der Waals surface area contributed by atoms with Crippen molar-refractivity contribution in [3.05, 3.63) is 59.1 Å². The number of aromatic nitrogens is 4. The number of aryl methyl sites for hydroxylation is 4. The number of nitrogens with zero attached hydrogens (tertiary/aromatic N) is 3.